The van der Waals surface area contributed by atoms with E-state index in [1.807, 2.05) is 95.5 Å². The lowest BCUT2D eigenvalue weighted by Crippen LogP contribution is -2.31. The number of rotatable bonds is 6. The third-order valence-corrected chi connectivity index (χ3v) is 14.8. The Morgan fingerprint density at radius 2 is 1.00 bits per heavy atom. The van der Waals surface area contributed by atoms with Gasteiger partial charge >= 0.3 is 0 Å². The Labute approximate surface area is 452 Å². The van der Waals surface area contributed by atoms with E-state index in [1.165, 1.54) is 0 Å². The van der Waals surface area contributed by atoms with Gasteiger partial charge in [0.05, 0.1) is 58.0 Å². The fourth-order valence-electron chi connectivity index (χ4n) is 11.4. The summed E-state index contributed by atoms with van der Waals surface area (Å²) < 4.78 is 106. The van der Waals surface area contributed by atoms with E-state index in [1.54, 1.807) is 22.8 Å². The number of ether oxygens (including phenoxy) is 1. The maximum Gasteiger partial charge on any atom is 0.269 e. The normalized spacial score (nSPS) is 14.0. The van der Waals surface area contributed by atoms with Crippen LogP contribution >= 0.6 is 0 Å². The molecule has 0 unspecified atom stereocenters. The molecule has 0 atom stereocenters. The number of hydrogen-bond acceptors (Lipinski definition) is 2. The van der Waals surface area contributed by atoms with Crippen LogP contribution < -0.4 is 9.30 Å². The van der Waals surface area contributed by atoms with Crippen molar-refractivity contribution >= 4 is 87.2 Å². The van der Waals surface area contributed by atoms with Gasteiger partial charge in [0.1, 0.15) is 22.8 Å². The Kier molecular flexibility index (Phi) is 7.69. The topological polar surface area (TPSA) is 39.8 Å². The van der Waals surface area contributed by atoms with E-state index in [9.17, 15) is 5.48 Å². The summed E-state index contributed by atoms with van der Waals surface area (Å²) in [7, 11) is 0. The van der Waals surface area contributed by atoms with Crippen LogP contribution in [0.25, 0.3) is 121 Å². The minimum absolute atomic E-state index is 0.123. The third-order valence-electron chi connectivity index (χ3n) is 14.8. The van der Waals surface area contributed by atoms with Crippen LogP contribution in [0.4, 0.5) is 0 Å². The number of pyridine rings is 1. The Hall–Kier alpha value is -9.78. The Morgan fingerprint density at radius 3 is 1.68 bits per heavy atom. The van der Waals surface area contributed by atoms with Gasteiger partial charge in [-0.1, -0.05) is 196 Å². The molecule has 15 aromatic rings. The number of benzene rings is 10. The second kappa shape index (κ2) is 16.9. The van der Waals surface area contributed by atoms with Crippen molar-refractivity contribution in [1.29, 1.82) is 0 Å². The Balaban J connectivity index is 1.10. The molecule has 0 saturated heterocycles. The number of hydrogen-bond donors (Lipinski definition) is 0. The maximum absolute atomic E-state index is 9.40. The molecule has 0 bridgehead atoms. The van der Waals surface area contributed by atoms with E-state index >= 15 is 0 Å². The predicted octanol–water partition coefficient (Wildman–Crippen LogP) is 17.5. The number of nitrogens with zero attached hydrogens (tertiary/aromatic N) is 5. The molecule has 0 aliphatic heterocycles. The molecule has 0 radical (unpaired) electrons. The van der Waals surface area contributed by atoms with Crippen LogP contribution in [0.3, 0.4) is 0 Å². The Morgan fingerprint density at radius 1 is 0.474 bits per heavy atom. The van der Waals surface area contributed by atoms with Crippen molar-refractivity contribution in [3.05, 3.63) is 254 Å². The summed E-state index contributed by atoms with van der Waals surface area (Å²) in [6.07, 6.45) is 5.61. The number of imidazole rings is 1. The first-order valence-corrected chi connectivity index (χ1v) is 25.2. The molecule has 6 heteroatoms. The highest BCUT2D eigenvalue weighted by Crippen LogP contribution is 2.41. The lowest BCUT2D eigenvalue weighted by Gasteiger charge is -2.20. The van der Waals surface area contributed by atoms with Crippen molar-refractivity contribution in [2.24, 2.45) is 0 Å². The molecule has 0 aliphatic carbocycles. The summed E-state index contributed by atoms with van der Waals surface area (Å²) in [5.74, 6) is 1.83. The first kappa shape index (κ1) is 34.6. The molecule has 6 nitrogen and oxygen atoms in total. The highest BCUT2D eigenvalue weighted by molar-refractivity contribution is 6.23. The fraction of sp³-hybridized carbons (Fsp3) is 0.0571. The van der Waals surface area contributed by atoms with Gasteiger partial charge in [0, 0.05) is 39.2 Å². The molecule has 0 amide bonds. The molecule has 5 heterocycles. The summed E-state index contributed by atoms with van der Waals surface area (Å²) in [4.78, 5) is 4.92. The molecule has 5 aromatic heterocycles. The third kappa shape index (κ3) is 6.73. The van der Waals surface area contributed by atoms with Crippen molar-refractivity contribution in [2.45, 2.75) is 26.2 Å². The lowest BCUT2D eigenvalue weighted by molar-refractivity contribution is -0.570. The van der Waals surface area contributed by atoms with E-state index in [-0.39, 0.29) is 33.4 Å². The highest BCUT2D eigenvalue weighted by Gasteiger charge is 2.23. The van der Waals surface area contributed by atoms with Crippen molar-refractivity contribution < 1.29 is 23.0 Å². The van der Waals surface area contributed by atoms with Crippen LogP contribution in [0.15, 0.2) is 243 Å². The van der Waals surface area contributed by atoms with E-state index < -0.39 is 60.4 Å². The van der Waals surface area contributed by atoms with Gasteiger partial charge in [0.2, 0.25) is 0 Å². The zero-order valence-corrected chi connectivity index (χ0v) is 41.5. The lowest BCUT2D eigenvalue weighted by atomic mass is 9.88. The molecule has 15 rings (SSSR count). The molecular weight excluding hydrogens is 927 g/mol. The van der Waals surface area contributed by atoms with Gasteiger partial charge in [-0.3, -0.25) is 13.5 Å². The summed E-state index contributed by atoms with van der Waals surface area (Å²) in [6, 6.07) is 52.9. The summed E-state index contributed by atoms with van der Waals surface area (Å²) >= 11 is 0. The molecule has 76 heavy (non-hydrogen) atoms. The highest BCUT2D eigenvalue weighted by atomic mass is 16.5. The van der Waals surface area contributed by atoms with Gasteiger partial charge in [-0.25, -0.2) is 4.98 Å². The molecular formula is C70H49N5O. The van der Waals surface area contributed by atoms with Gasteiger partial charge in [-0.2, -0.15) is 0 Å². The average molecular weight is 986 g/mol. The average Bonchev–Trinajstić information content (AvgIpc) is 1.53. The molecule has 360 valence electrons. The monoisotopic (exact) mass is 985 g/mol. The van der Waals surface area contributed by atoms with Gasteiger partial charge in [-0.15, -0.1) is 0 Å². The second-order valence-corrected chi connectivity index (χ2v) is 20.2. The second-order valence-electron chi connectivity index (χ2n) is 20.2. The van der Waals surface area contributed by atoms with E-state index in [4.69, 9.17) is 17.9 Å². The van der Waals surface area contributed by atoms with E-state index in [0.29, 0.717) is 28.0 Å². The van der Waals surface area contributed by atoms with Gasteiger partial charge in [-0.05, 0) is 104 Å². The van der Waals surface area contributed by atoms with Gasteiger partial charge < -0.3 is 9.14 Å². The fourth-order valence-corrected chi connectivity index (χ4v) is 11.4. The van der Waals surface area contributed by atoms with Crippen molar-refractivity contribution in [3.8, 4) is 45.3 Å². The molecule has 0 saturated carbocycles. The first-order valence-electron chi connectivity index (χ1n) is 30.2. The summed E-state index contributed by atoms with van der Waals surface area (Å²) in [5, 5.41) is 7.78. The maximum atomic E-state index is 9.40. The first-order chi connectivity index (χ1) is 41.5. The quantitative estimate of drug-likeness (QED) is 0.123. The van der Waals surface area contributed by atoms with Crippen molar-refractivity contribution in [1.82, 2.24) is 18.4 Å². The standard InChI is InChI=1S/C70H49N5O/c1-70(2,3)47-39-40-71-66(41-47)74-60-31-14-12-25-54(60)57-38-36-49(43-65(57)74)76-48-35-37-56-52-23-10-11-24-53(52)58-29-17-30-59-55-26-13-15-32-61(55)75(68(58)59)63-34-18-33-62-69(63)73(64(56)42-48)44-72(62)67-50(45-19-6-4-7-20-45)27-16-28-51(67)46-21-8-5-9-22-46/h4-43H,1-3H3/i4D,5D,6D,7D,8D,9D,19D,20D,21D,22D. The van der Waals surface area contributed by atoms with Crippen LogP contribution in [0.1, 0.15) is 40.0 Å². The molecule has 0 N–H and O–H groups in total. The zero-order valence-electron chi connectivity index (χ0n) is 51.5. The smallest absolute Gasteiger partial charge is 0.269 e. The van der Waals surface area contributed by atoms with E-state index in [2.05, 4.69) is 109 Å². The predicted molar refractivity (Wildman–Crippen MR) is 313 cm³/mol. The van der Waals surface area contributed by atoms with E-state index in [0.717, 1.165) is 82.1 Å². The minimum atomic E-state index is -0.580. The largest absolute Gasteiger partial charge is 0.458 e. The Bertz CT molecular complexity index is 5380. The molecule has 0 fully saturated rings. The van der Waals surface area contributed by atoms with Crippen molar-refractivity contribution in [3.63, 3.8) is 0 Å². The van der Waals surface area contributed by atoms with Crippen LogP contribution in [-0.2, 0) is 5.41 Å². The van der Waals surface area contributed by atoms with Gasteiger partial charge in [0.15, 0.2) is 0 Å². The number of fused-ring (bicyclic) bond motifs is 12. The molecule has 10 aromatic carbocycles. The van der Waals surface area contributed by atoms with Crippen LogP contribution in [0, 0.1) is 6.33 Å². The van der Waals surface area contributed by atoms with Crippen LogP contribution in [0.2, 0.25) is 0 Å². The number of para-hydroxylation sites is 5. The van der Waals surface area contributed by atoms with Crippen molar-refractivity contribution in [2.75, 3.05) is 0 Å². The minimum Gasteiger partial charge on any atom is -0.458 e. The SMILES string of the molecule is [2H]c1c([2H])c([2H])c(-c2cccc(-c3c([2H])c([2H])c([2H])c([2H])c3[2H])c2-[n+]2[c-]n3c4cc(Oc5ccc6c7ccccc7n(-c7cc(C(C)(C)C)ccn7)c6c5)ccc4c4ccccc4c4cccc5c6ccccc6n(c6cccc2c63)c45)c([2H])c1[2H]. The zero-order chi connectivity index (χ0) is 59.4. The van der Waals surface area contributed by atoms with Gasteiger partial charge in [0.25, 0.3) is 6.33 Å². The van der Waals surface area contributed by atoms with Crippen LogP contribution in [0.5, 0.6) is 11.5 Å². The molecule has 0 spiro atoms. The summed E-state index contributed by atoms with van der Waals surface area (Å²) in [6.45, 7) is 6.57. The number of aromatic nitrogens is 5. The summed E-state index contributed by atoms with van der Waals surface area (Å²) in [5.41, 5.74) is 7.43. The van der Waals surface area contributed by atoms with Crippen LogP contribution in [-0.4, -0.2) is 18.4 Å². The molecule has 0 aliphatic rings.